The summed E-state index contributed by atoms with van der Waals surface area (Å²) in [6.45, 7) is 1.95. The van der Waals surface area contributed by atoms with Crippen LogP contribution in [0.25, 0.3) is 0 Å². The van der Waals surface area contributed by atoms with Crippen LogP contribution in [-0.4, -0.2) is 17.9 Å². The number of Topliss-reactive ketones (excluding diaryl/α,β-unsaturated/α-hetero) is 1. The number of carbonyl (C=O) groups excluding carboxylic acids is 1. The van der Waals surface area contributed by atoms with Crippen molar-refractivity contribution in [2.24, 2.45) is 0 Å². The lowest BCUT2D eigenvalue weighted by Crippen LogP contribution is -2.09. The molecule has 0 aliphatic heterocycles. The van der Waals surface area contributed by atoms with Crippen molar-refractivity contribution in [2.45, 2.75) is 32.3 Å². The van der Waals surface area contributed by atoms with Gasteiger partial charge in [0.2, 0.25) is 0 Å². The Labute approximate surface area is 87.1 Å². The lowest BCUT2D eigenvalue weighted by molar-refractivity contribution is 0.0966. The quantitative estimate of drug-likeness (QED) is 0.754. The van der Waals surface area contributed by atoms with Crippen LogP contribution in [0.3, 0.4) is 0 Å². The Morgan fingerprint density at radius 3 is 2.93 bits per heavy atom. The maximum atomic E-state index is 11.5. The van der Waals surface area contributed by atoms with E-state index >= 15 is 0 Å². The summed E-state index contributed by atoms with van der Waals surface area (Å²) in [6.07, 6.45) is 2.61. The first-order valence-corrected chi connectivity index (χ1v) is 5.59. The van der Waals surface area contributed by atoms with Crippen molar-refractivity contribution in [1.29, 1.82) is 0 Å². The summed E-state index contributed by atoms with van der Waals surface area (Å²) in [5.74, 6) is 0.192. The van der Waals surface area contributed by atoms with Crippen molar-refractivity contribution in [3.8, 4) is 0 Å². The smallest absolute Gasteiger partial charge is 0.182 e. The zero-order valence-corrected chi connectivity index (χ0v) is 9.19. The number of hydrogen-bond acceptors (Lipinski definition) is 4. The van der Waals surface area contributed by atoms with E-state index in [2.05, 4.69) is 4.98 Å². The van der Waals surface area contributed by atoms with Crippen molar-refractivity contribution < 1.29 is 9.53 Å². The second-order valence-corrected chi connectivity index (χ2v) is 4.59. The minimum Gasteiger partial charge on any atom is -0.375 e. The van der Waals surface area contributed by atoms with E-state index in [4.69, 9.17) is 4.74 Å². The molecule has 0 aromatic carbocycles. The highest BCUT2D eigenvalue weighted by Gasteiger charge is 2.23. The van der Waals surface area contributed by atoms with Gasteiger partial charge in [-0.1, -0.05) is 0 Å². The number of aryl methyl sites for hydroxylation is 1. The van der Waals surface area contributed by atoms with Gasteiger partial charge in [-0.3, -0.25) is 4.79 Å². The van der Waals surface area contributed by atoms with E-state index in [1.54, 1.807) is 18.4 Å². The Morgan fingerprint density at radius 1 is 1.50 bits per heavy atom. The fourth-order valence-electron chi connectivity index (χ4n) is 1.56. The number of ether oxygens (including phenoxy) is 1. The van der Waals surface area contributed by atoms with Crippen LogP contribution in [-0.2, 0) is 11.2 Å². The molecule has 0 radical (unpaired) electrons. The summed E-state index contributed by atoms with van der Waals surface area (Å²) >= 11 is 1.61. The van der Waals surface area contributed by atoms with E-state index < -0.39 is 0 Å². The molecule has 14 heavy (non-hydrogen) atoms. The van der Waals surface area contributed by atoms with Crippen molar-refractivity contribution in [3.05, 3.63) is 15.6 Å². The van der Waals surface area contributed by atoms with Gasteiger partial charge in [0.05, 0.1) is 0 Å². The molecule has 76 valence electrons. The molecule has 2 rings (SSSR count). The van der Waals surface area contributed by atoms with Gasteiger partial charge in [-0.25, -0.2) is 4.98 Å². The molecule has 1 atom stereocenters. The fraction of sp³-hybridized carbons (Fsp3) is 0.600. The molecule has 3 nitrogen and oxygen atoms in total. The molecule has 1 heterocycles. The van der Waals surface area contributed by atoms with E-state index in [0.717, 1.165) is 22.7 Å². The summed E-state index contributed by atoms with van der Waals surface area (Å²) in [7, 11) is 1.66. The Morgan fingerprint density at radius 2 is 2.29 bits per heavy atom. The first kappa shape index (κ1) is 9.80. The minimum atomic E-state index is -0.00148. The summed E-state index contributed by atoms with van der Waals surface area (Å²) in [4.78, 5) is 17.0. The largest absolute Gasteiger partial charge is 0.375 e. The van der Waals surface area contributed by atoms with Gasteiger partial charge in [0.25, 0.3) is 0 Å². The molecule has 4 heteroatoms. The van der Waals surface area contributed by atoms with Crippen molar-refractivity contribution in [3.63, 3.8) is 0 Å². The molecule has 0 amide bonds. The summed E-state index contributed by atoms with van der Waals surface area (Å²) in [5, 5.41) is 0.924. The predicted octanol–water partition coefficient (Wildman–Crippen LogP) is 2.37. The van der Waals surface area contributed by atoms with Gasteiger partial charge in [-0.15, -0.1) is 11.3 Å². The molecule has 0 bridgehead atoms. The third-order valence-corrected chi connectivity index (χ3v) is 3.76. The van der Waals surface area contributed by atoms with Gasteiger partial charge < -0.3 is 4.74 Å². The van der Waals surface area contributed by atoms with Crippen LogP contribution >= 0.6 is 11.3 Å². The van der Waals surface area contributed by atoms with Crippen LogP contribution in [0.4, 0.5) is 0 Å². The number of fused-ring (bicyclic) bond motifs is 1. The minimum absolute atomic E-state index is 0.00148. The van der Waals surface area contributed by atoms with Crippen LogP contribution in [0.5, 0.6) is 0 Å². The number of carbonyl (C=O) groups is 1. The molecular formula is C10H13NO2S. The third kappa shape index (κ3) is 1.60. The normalized spacial score (nSPS) is 18.0. The first-order valence-electron chi connectivity index (χ1n) is 4.78. The molecule has 0 N–H and O–H groups in total. The molecule has 0 spiro atoms. The molecule has 0 saturated heterocycles. The first-order chi connectivity index (χ1) is 6.72. The molecule has 1 aromatic rings. The lowest BCUT2D eigenvalue weighted by Gasteiger charge is -2.06. The third-order valence-electron chi connectivity index (χ3n) is 2.49. The maximum Gasteiger partial charge on any atom is 0.182 e. The van der Waals surface area contributed by atoms with Crippen LogP contribution in [0.15, 0.2) is 0 Å². The highest BCUT2D eigenvalue weighted by molar-refractivity contribution is 7.12. The number of nitrogens with zero attached hydrogens (tertiary/aromatic N) is 1. The Hall–Kier alpha value is -0.740. The molecular weight excluding hydrogens is 198 g/mol. The van der Waals surface area contributed by atoms with Gasteiger partial charge in [0.1, 0.15) is 16.8 Å². The van der Waals surface area contributed by atoms with Gasteiger partial charge in [-0.05, 0) is 19.8 Å². The highest BCUT2D eigenvalue weighted by Crippen LogP contribution is 2.30. The van der Waals surface area contributed by atoms with Gasteiger partial charge >= 0.3 is 0 Å². The van der Waals surface area contributed by atoms with Crippen molar-refractivity contribution in [1.82, 2.24) is 4.98 Å². The number of rotatable bonds is 2. The predicted molar refractivity (Wildman–Crippen MR) is 54.8 cm³/mol. The standard InChI is InChI=1S/C10H13NO2S/c1-6(13-2)10-11-9-7(12)4-3-5-8(9)14-10/h6H,3-5H2,1-2H3. The molecule has 0 fully saturated rings. The average Bonchev–Trinajstić information content (AvgIpc) is 2.62. The second-order valence-electron chi connectivity index (χ2n) is 3.48. The topological polar surface area (TPSA) is 39.2 Å². The number of thiazole rings is 1. The van der Waals surface area contributed by atoms with E-state index in [1.807, 2.05) is 6.92 Å². The van der Waals surface area contributed by atoms with Crippen LogP contribution in [0, 0.1) is 0 Å². The SMILES string of the molecule is COC(C)c1nc2c(s1)CCCC2=O. The van der Waals surface area contributed by atoms with Gasteiger partial charge in [0, 0.05) is 18.4 Å². The molecule has 1 aliphatic rings. The van der Waals surface area contributed by atoms with E-state index in [0.29, 0.717) is 12.1 Å². The molecule has 1 aliphatic carbocycles. The number of hydrogen-bond donors (Lipinski definition) is 0. The van der Waals surface area contributed by atoms with Gasteiger partial charge in [-0.2, -0.15) is 0 Å². The van der Waals surface area contributed by atoms with Crippen molar-refractivity contribution in [2.75, 3.05) is 7.11 Å². The van der Waals surface area contributed by atoms with E-state index in [9.17, 15) is 4.79 Å². The molecule has 0 saturated carbocycles. The molecule has 1 aromatic heterocycles. The number of methoxy groups -OCH3 is 1. The van der Waals surface area contributed by atoms with E-state index in [1.165, 1.54) is 0 Å². The fourth-order valence-corrected chi connectivity index (χ4v) is 2.71. The summed E-state index contributed by atoms with van der Waals surface area (Å²) < 4.78 is 5.19. The second kappa shape index (κ2) is 3.79. The average molecular weight is 211 g/mol. The van der Waals surface area contributed by atoms with Crippen molar-refractivity contribution >= 4 is 17.1 Å². The van der Waals surface area contributed by atoms with Crippen LogP contribution in [0.2, 0.25) is 0 Å². The van der Waals surface area contributed by atoms with Crippen LogP contribution in [0.1, 0.15) is 46.2 Å². The zero-order valence-electron chi connectivity index (χ0n) is 8.37. The Balaban J connectivity index is 2.35. The number of ketones is 1. The van der Waals surface area contributed by atoms with Gasteiger partial charge in [0.15, 0.2) is 5.78 Å². The molecule has 1 unspecified atom stereocenters. The van der Waals surface area contributed by atoms with Crippen LogP contribution < -0.4 is 0 Å². The zero-order chi connectivity index (χ0) is 10.1. The monoisotopic (exact) mass is 211 g/mol. The Kier molecular flexibility index (Phi) is 2.65. The Bertz CT molecular complexity index is 359. The number of aromatic nitrogens is 1. The highest BCUT2D eigenvalue weighted by atomic mass is 32.1. The summed E-state index contributed by atoms with van der Waals surface area (Å²) in [5.41, 5.74) is 0.695. The maximum absolute atomic E-state index is 11.5. The van der Waals surface area contributed by atoms with E-state index in [-0.39, 0.29) is 11.9 Å². The lowest BCUT2D eigenvalue weighted by atomic mass is 10.0. The summed E-state index contributed by atoms with van der Waals surface area (Å²) in [6, 6.07) is 0.